The Morgan fingerprint density at radius 3 is 2.60 bits per heavy atom. The second-order valence-electron chi connectivity index (χ2n) is 6.50. The van der Waals surface area contributed by atoms with E-state index in [1.807, 2.05) is 0 Å². The molecule has 0 bridgehead atoms. The zero-order valence-electron chi connectivity index (χ0n) is 16.1. The predicted molar refractivity (Wildman–Crippen MR) is 114 cm³/mol. The Labute approximate surface area is 178 Å². The van der Waals surface area contributed by atoms with Crippen molar-refractivity contribution in [2.75, 3.05) is 10.0 Å². The third-order valence-corrected chi connectivity index (χ3v) is 6.12. The molecule has 0 aliphatic rings. The summed E-state index contributed by atoms with van der Waals surface area (Å²) in [6, 6.07) is 10.5. The fourth-order valence-electron chi connectivity index (χ4n) is 2.69. The molecule has 0 saturated heterocycles. The van der Waals surface area contributed by atoms with Crippen LogP contribution in [0.15, 0.2) is 59.6 Å². The molecular formula is C20H20ClFN4O3S. The lowest BCUT2D eigenvalue weighted by Crippen LogP contribution is -2.18. The molecule has 0 unspecified atom stereocenters. The number of hydrogen-bond acceptors (Lipinski definition) is 4. The van der Waals surface area contributed by atoms with Gasteiger partial charge < -0.3 is 5.32 Å². The number of benzene rings is 2. The van der Waals surface area contributed by atoms with Crippen LogP contribution in [-0.2, 0) is 16.6 Å². The van der Waals surface area contributed by atoms with Crippen molar-refractivity contribution < 1.29 is 17.6 Å². The maximum atomic E-state index is 13.1. The molecular weight excluding hydrogens is 431 g/mol. The lowest BCUT2D eigenvalue weighted by atomic mass is 10.2. The summed E-state index contributed by atoms with van der Waals surface area (Å²) in [6.07, 6.45) is 3.46. The molecule has 1 heterocycles. The van der Waals surface area contributed by atoms with Gasteiger partial charge in [0.2, 0.25) is 0 Å². The smallest absolute Gasteiger partial charge is 0.263 e. The predicted octanol–water partition coefficient (Wildman–Crippen LogP) is 4.53. The summed E-state index contributed by atoms with van der Waals surface area (Å²) in [4.78, 5) is 12.4. The maximum absolute atomic E-state index is 13.1. The first-order chi connectivity index (χ1) is 14.3. The lowest BCUT2D eigenvalue weighted by Gasteiger charge is -2.12. The Morgan fingerprint density at radius 1 is 1.17 bits per heavy atom. The van der Waals surface area contributed by atoms with Crippen molar-refractivity contribution in [1.82, 2.24) is 9.78 Å². The van der Waals surface area contributed by atoms with E-state index in [2.05, 4.69) is 22.1 Å². The van der Waals surface area contributed by atoms with Gasteiger partial charge in [0.15, 0.2) is 0 Å². The van der Waals surface area contributed by atoms with E-state index in [-0.39, 0.29) is 21.2 Å². The summed E-state index contributed by atoms with van der Waals surface area (Å²) in [6.45, 7) is 2.71. The van der Waals surface area contributed by atoms with Crippen LogP contribution in [0.5, 0.6) is 0 Å². The van der Waals surface area contributed by atoms with Gasteiger partial charge in [-0.05, 0) is 48.9 Å². The Bertz CT molecular complexity index is 1150. The summed E-state index contributed by atoms with van der Waals surface area (Å²) < 4.78 is 42.5. The SMILES string of the molecule is CCCCn1nccc1NC(=O)c1ccc(Cl)c(S(=O)(=O)Nc2ccc(F)cc2)c1. The van der Waals surface area contributed by atoms with Crippen molar-refractivity contribution in [3.05, 3.63) is 71.1 Å². The van der Waals surface area contributed by atoms with Gasteiger partial charge >= 0.3 is 0 Å². The highest BCUT2D eigenvalue weighted by atomic mass is 35.5. The molecule has 7 nitrogen and oxygen atoms in total. The molecule has 1 amide bonds. The molecule has 30 heavy (non-hydrogen) atoms. The highest BCUT2D eigenvalue weighted by Crippen LogP contribution is 2.25. The van der Waals surface area contributed by atoms with Crippen LogP contribution < -0.4 is 10.0 Å². The minimum atomic E-state index is -4.10. The summed E-state index contributed by atoms with van der Waals surface area (Å²) >= 11 is 6.08. The van der Waals surface area contributed by atoms with E-state index < -0.39 is 21.7 Å². The molecule has 3 rings (SSSR count). The first-order valence-electron chi connectivity index (χ1n) is 9.21. The molecule has 0 aliphatic carbocycles. The van der Waals surface area contributed by atoms with E-state index in [1.54, 1.807) is 16.9 Å². The number of nitrogens with zero attached hydrogens (tertiary/aromatic N) is 2. The van der Waals surface area contributed by atoms with E-state index in [4.69, 9.17) is 11.6 Å². The van der Waals surface area contributed by atoms with Gasteiger partial charge in [0.25, 0.3) is 15.9 Å². The third-order valence-electron chi connectivity index (χ3n) is 4.26. The van der Waals surface area contributed by atoms with Crippen LogP contribution >= 0.6 is 11.6 Å². The zero-order chi connectivity index (χ0) is 21.7. The second-order valence-corrected chi connectivity index (χ2v) is 8.56. The topological polar surface area (TPSA) is 93.1 Å². The molecule has 0 saturated carbocycles. The van der Waals surface area contributed by atoms with E-state index in [9.17, 15) is 17.6 Å². The summed E-state index contributed by atoms with van der Waals surface area (Å²) in [5, 5.41) is 6.86. The lowest BCUT2D eigenvalue weighted by molar-refractivity contribution is 0.102. The average molecular weight is 451 g/mol. The van der Waals surface area contributed by atoms with Crippen molar-refractivity contribution in [1.29, 1.82) is 0 Å². The van der Waals surface area contributed by atoms with Crippen molar-refractivity contribution >= 4 is 39.0 Å². The quantitative estimate of drug-likeness (QED) is 0.527. The summed E-state index contributed by atoms with van der Waals surface area (Å²) in [5.74, 6) is -0.479. The minimum absolute atomic E-state index is 0.0471. The first-order valence-corrected chi connectivity index (χ1v) is 11.1. The number of sulfonamides is 1. The Kier molecular flexibility index (Phi) is 6.73. The van der Waals surface area contributed by atoms with Gasteiger partial charge in [-0.25, -0.2) is 17.5 Å². The molecule has 2 aromatic carbocycles. The number of anilines is 2. The Morgan fingerprint density at radius 2 is 1.90 bits per heavy atom. The normalized spacial score (nSPS) is 11.3. The van der Waals surface area contributed by atoms with Crippen LogP contribution in [0.25, 0.3) is 0 Å². The van der Waals surface area contributed by atoms with Gasteiger partial charge in [-0.1, -0.05) is 24.9 Å². The van der Waals surface area contributed by atoms with E-state index >= 15 is 0 Å². The molecule has 0 fully saturated rings. The van der Waals surface area contributed by atoms with Crippen molar-refractivity contribution in [2.24, 2.45) is 0 Å². The minimum Gasteiger partial charge on any atom is -0.307 e. The van der Waals surface area contributed by atoms with Crippen molar-refractivity contribution in [3.63, 3.8) is 0 Å². The monoisotopic (exact) mass is 450 g/mol. The summed E-state index contributed by atoms with van der Waals surface area (Å²) in [5.41, 5.74) is 0.282. The highest BCUT2D eigenvalue weighted by molar-refractivity contribution is 7.92. The van der Waals surface area contributed by atoms with Crippen LogP contribution in [0.3, 0.4) is 0 Å². The van der Waals surface area contributed by atoms with Gasteiger partial charge in [-0.2, -0.15) is 5.10 Å². The number of carbonyl (C=O) groups is 1. The second kappa shape index (κ2) is 9.27. The molecule has 0 radical (unpaired) electrons. The highest BCUT2D eigenvalue weighted by Gasteiger charge is 2.21. The fourth-order valence-corrected chi connectivity index (χ4v) is 4.28. The van der Waals surface area contributed by atoms with Crippen LogP contribution in [0, 0.1) is 5.82 Å². The molecule has 10 heteroatoms. The number of nitrogens with one attached hydrogen (secondary N) is 2. The van der Waals surface area contributed by atoms with Crippen molar-refractivity contribution in [2.45, 2.75) is 31.2 Å². The Balaban J connectivity index is 1.83. The average Bonchev–Trinajstić information content (AvgIpc) is 3.15. The van der Waals surface area contributed by atoms with Crippen LogP contribution in [0.2, 0.25) is 5.02 Å². The Hall–Kier alpha value is -2.91. The zero-order valence-corrected chi connectivity index (χ0v) is 17.7. The molecule has 1 aromatic heterocycles. The van der Waals surface area contributed by atoms with Gasteiger partial charge in [-0.3, -0.25) is 9.52 Å². The van der Waals surface area contributed by atoms with Gasteiger partial charge in [0.05, 0.1) is 11.2 Å². The summed E-state index contributed by atoms with van der Waals surface area (Å²) in [7, 11) is -4.10. The van der Waals surface area contributed by atoms with Gasteiger partial charge in [-0.15, -0.1) is 0 Å². The molecule has 3 aromatic rings. The molecule has 0 spiro atoms. The molecule has 2 N–H and O–H groups in total. The van der Waals surface area contributed by atoms with E-state index in [0.717, 1.165) is 25.0 Å². The maximum Gasteiger partial charge on any atom is 0.263 e. The standard InChI is InChI=1S/C20H20ClFN4O3S/c1-2-3-12-26-19(10-11-23-26)24-20(27)14-4-9-17(21)18(13-14)30(28,29)25-16-7-5-15(22)6-8-16/h4-11,13,25H,2-3,12H2,1H3,(H,24,27). The number of hydrogen-bond donors (Lipinski definition) is 2. The number of aryl methyl sites for hydroxylation is 1. The molecule has 0 aliphatic heterocycles. The third kappa shape index (κ3) is 5.17. The fraction of sp³-hybridized carbons (Fsp3) is 0.200. The number of rotatable bonds is 8. The van der Waals surface area contributed by atoms with Crippen LogP contribution in [0.4, 0.5) is 15.9 Å². The number of unbranched alkanes of at least 4 members (excludes halogenated alkanes) is 1. The largest absolute Gasteiger partial charge is 0.307 e. The number of aromatic nitrogens is 2. The first kappa shape index (κ1) is 21.8. The number of halogens is 2. The van der Waals surface area contributed by atoms with Crippen LogP contribution in [0.1, 0.15) is 30.1 Å². The van der Waals surface area contributed by atoms with E-state index in [0.29, 0.717) is 12.4 Å². The van der Waals surface area contributed by atoms with Crippen molar-refractivity contribution in [3.8, 4) is 0 Å². The van der Waals surface area contributed by atoms with E-state index in [1.165, 1.54) is 30.3 Å². The molecule has 0 atom stereocenters. The molecule has 158 valence electrons. The number of amides is 1. The van der Waals surface area contributed by atoms with Crippen LogP contribution in [-0.4, -0.2) is 24.1 Å². The number of carbonyl (C=O) groups excluding carboxylic acids is 1. The van der Waals surface area contributed by atoms with Gasteiger partial charge in [0.1, 0.15) is 16.5 Å². The van der Waals surface area contributed by atoms with Gasteiger partial charge in [0, 0.05) is 23.9 Å².